The molecule has 1 aromatic carbocycles. The second kappa shape index (κ2) is 15.2. The predicted molar refractivity (Wildman–Crippen MR) is 109 cm³/mol. The number of methoxy groups -OCH3 is 2. The fraction of sp³-hybridized carbons (Fsp3) is 0.650. The quantitative estimate of drug-likeness (QED) is 0.292. The molecule has 0 aliphatic heterocycles. The largest absolute Gasteiger partial charge is 0.491 e. The first-order valence-corrected chi connectivity index (χ1v) is 9.51. The van der Waals surface area contributed by atoms with E-state index >= 15 is 0 Å². The fourth-order valence-electron chi connectivity index (χ4n) is 2.29. The molecule has 0 atom stereocenters. The first-order valence-electron chi connectivity index (χ1n) is 9.51. The predicted octanol–water partition coefficient (Wildman–Crippen LogP) is 2.13. The third kappa shape index (κ3) is 10.8. The minimum atomic E-state index is 0.526. The molecular weight excluding hydrogens is 346 g/mol. The van der Waals surface area contributed by atoms with Crippen molar-refractivity contribution >= 4 is 5.96 Å². The maximum absolute atomic E-state index is 5.83. The molecule has 0 aliphatic carbocycles. The van der Waals surface area contributed by atoms with Gasteiger partial charge < -0.3 is 29.6 Å². The Hall–Kier alpha value is -1.83. The van der Waals surface area contributed by atoms with Crippen LogP contribution in [-0.2, 0) is 20.8 Å². The number of hydrogen-bond donors (Lipinski definition) is 2. The summed E-state index contributed by atoms with van der Waals surface area (Å²) in [4.78, 5) is 4.67. The Labute approximate surface area is 163 Å². The van der Waals surface area contributed by atoms with E-state index in [-0.39, 0.29) is 0 Å². The average molecular weight is 382 g/mol. The van der Waals surface area contributed by atoms with E-state index in [4.69, 9.17) is 18.9 Å². The lowest BCUT2D eigenvalue weighted by molar-refractivity contribution is 0.0698. The van der Waals surface area contributed by atoms with Crippen LogP contribution in [0.2, 0.25) is 0 Å². The van der Waals surface area contributed by atoms with Gasteiger partial charge in [-0.25, -0.2) is 4.99 Å². The highest BCUT2D eigenvalue weighted by molar-refractivity contribution is 5.79. The highest BCUT2D eigenvalue weighted by Gasteiger charge is 2.05. The Morgan fingerprint density at radius 1 is 1.00 bits per heavy atom. The van der Waals surface area contributed by atoms with Gasteiger partial charge in [0.25, 0.3) is 0 Å². The van der Waals surface area contributed by atoms with Crippen molar-refractivity contribution in [3.05, 3.63) is 29.3 Å². The third-order valence-electron chi connectivity index (χ3n) is 3.71. The van der Waals surface area contributed by atoms with Crippen LogP contribution in [-0.4, -0.2) is 66.3 Å². The Kier molecular flexibility index (Phi) is 13.1. The standard InChI is InChI=1S/C20H35N3O4/c1-5-21-20(22-9-6-10-26-13-11-24-3)23-16-18-8-7-17(2)15-19(18)27-14-12-25-4/h7-8,15H,5-6,9-14,16H2,1-4H3,(H2,21,22,23). The molecule has 0 radical (unpaired) electrons. The summed E-state index contributed by atoms with van der Waals surface area (Å²) in [5.41, 5.74) is 2.21. The number of rotatable bonds is 14. The molecule has 7 heteroatoms. The number of aryl methyl sites for hydroxylation is 1. The summed E-state index contributed by atoms with van der Waals surface area (Å²) in [5.74, 6) is 1.65. The molecule has 0 saturated heterocycles. The molecule has 1 aromatic rings. The van der Waals surface area contributed by atoms with Gasteiger partial charge in [-0.2, -0.15) is 0 Å². The monoisotopic (exact) mass is 381 g/mol. The van der Waals surface area contributed by atoms with Crippen molar-refractivity contribution in [2.75, 3.05) is 60.3 Å². The summed E-state index contributed by atoms with van der Waals surface area (Å²) in [6.07, 6.45) is 0.907. The van der Waals surface area contributed by atoms with Gasteiger partial charge in [-0.15, -0.1) is 0 Å². The first kappa shape index (κ1) is 23.2. The smallest absolute Gasteiger partial charge is 0.191 e. The normalized spacial score (nSPS) is 11.5. The van der Waals surface area contributed by atoms with Crippen molar-refractivity contribution < 1.29 is 18.9 Å². The molecule has 1 rings (SSSR count). The summed E-state index contributed by atoms with van der Waals surface area (Å²) >= 11 is 0. The van der Waals surface area contributed by atoms with Crippen LogP contribution in [0.25, 0.3) is 0 Å². The first-order chi connectivity index (χ1) is 13.2. The molecule has 154 valence electrons. The van der Waals surface area contributed by atoms with E-state index < -0.39 is 0 Å². The van der Waals surface area contributed by atoms with Crippen LogP contribution in [0.5, 0.6) is 5.75 Å². The lowest BCUT2D eigenvalue weighted by Gasteiger charge is -2.13. The van der Waals surface area contributed by atoms with Gasteiger partial charge >= 0.3 is 0 Å². The molecular formula is C20H35N3O4. The minimum absolute atomic E-state index is 0.526. The third-order valence-corrected chi connectivity index (χ3v) is 3.71. The zero-order chi connectivity index (χ0) is 19.7. The van der Waals surface area contributed by atoms with Gasteiger partial charge in [0.15, 0.2) is 5.96 Å². The van der Waals surface area contributed by atoms with Gasteiger partial charge in [-0.3, -0.25) is 0 Å². The zero-order valence-corrected chi connectivity index (χ0v) is 17.2. The van der Waals surface area contributed by atoms with Crippen molar-refractivity contribution in [3.8, 4) is 5.75 Å². The molecule has 0 heterocycles. The fourth-order valence-corrected chi connectivity index (χ4v) is 2.29. The van der Waals surface area contributed by atoms with Gasteiger partial charge in [0.1, 0.15) is 12.4 Å². The number of ether oxygens (including phenoxy) is 4. The molecule has 0 saturated carbocycles. The zero-order valence-electron chi connectivity index (χ0n) is 17.2. The van der Waals surface area contributed by atoms with E-state index in [9.17, 15) is 0 Å². The molecule has 0 aromatic heterocycles. The van der Waals surface area contributed by atoms with Crippen LogP contribution in [0.3, 0.4) is 0 Å². The minimum Gasteiger partial charge on any atom is -0.491 e. The number of benzene rings is 1. The maximum Gasteiger partial charge on any atom is 0.191 e. The van der Waals surface area contributed by atoms with Crippen molar-refractivity contribution in [1.29, 1.82) is 0 Å². The van der Waals surface area contributed by atoms with Crippen LogP contribution in [0.15, 0.2) is 23.2 Å². The summed E-state index contributed by atoms with van der Waals surface area (Å²) in [5, 5.41) is 6.60. The maximum atomic E-state index is 5.83. The second-order valence-electron chi connectivity index (χ2n) is 6.03. The topological polar surface area (TPSA) is 73.3 Å². The Bertz CT molecular complexity index is 538. The molecule has 0 bridgehead atoms. The van der Waals surface area contributed by atoms with E-state index in [1.807, 2.05) is 6.07 Å². The van der Waals surface area contributed by atoms with Crippen LogP contribution < -0.4 is 15.4 Å². The molecule has 2 N–H and O–H groups in total. The molecule has 0 unspecified atom stereocenters. The molecule has 7 nitrogen and oxygen atoms in total. The Morgan fingerprint density at radius 3 is 2.52 bits per heavy atom. The number of nitrogens with one attached hydrogen (secondary N) is 2. The summed E-state index contributed by atoms with van der Waals surface area (Å²) < 4.78 is 21.3. The van der Waals surface area contributed by atoms with Crippen LogP contribution in [0, 0.1) is 6.92 Å². The van der Waals surface area contributed by atoms with Crippen molar-refractivity contribution in [2.45, 2.75) is 26.8 Å². The molecule has 27 heavy (non-hydrogen) atoms. The molecule has 0 amide bonds. The molecule has 0 aliphatic rings. The number of nitrogens with zero attached hydrogens (tertiary/aromatic N) is 1. The van der Waals surface area contributed by atoms with Crippen LogP contribution >= 0.6 is 0 Å². The highest BCUT2D eigenvalue weighted by Crippen LogP contribution is 2.21. The van der Waals surface area contributed by atoms with Crippen LogP contribution in [0.4, 0.5) is 0 Å². The summed E-state index contributed by atoms with van der Waals surface area (Å²) in [6.45, 7) is 9.30. The average Bonchev–Trinajstić information content (AvgIpc) is 2.66. The highest BCUT2D eigenvalue weighted by atomic mass is 16.5. The Morgan fingerprint density at radius 2 is 1.78 bits per heavy atom. The molecule has 0 fully saturated rings. The van der Waals surface area contributed by atoms with Crippen LogP contribution in [0.1, 0.15) is 24.5 Å². The van der Waals surface area contributed by atoms with E-state index in [1.165, 1.54) is 0 Å². The van der Waals surface area contributed by atoms with Crippen molar-refractivity contribution in [3.63, 3.8) is 0 Å². The second-order valence-corrected chi connectivity index (χ2v) is 6.03. The summed E-state index contributed by atoms with van der Waals surface area (Å²) in [7, 11) is 3.34. The number of guanidine groups is 1. The van der Waals surface area contributed by atoms with Gasteiger partial charge in [0, 0.05) is 39.5 Å². The van der Waals surface area contributed by atoms with E-state index in [0.29, 0.717) is 39.6 Å². The molecule has 0 spiro atoms. The van der Waals surface area contributed by atoms with Gasteiger partial charge in [-0.05, 0) is 31.9 Å². The van der Waals surface area contributed by atoms with Crippen molar-refractivity contribution in [1.82, 2.24) is 10.6 Å². The Balaban J connectivity index is 2.53. The van der Waals surface area contributed by atoms with E-state index in [0.717, 1.165) is 42.3 Å². The lowest BCUT2D eigenvalue weighted by Crippen LogP contribution is -2.38. The van der Waals surface area contributed by atoms with E-state index in [1.54, 1.807) is 14.2 Å². The van der Waals surface area contributed by atoms with Gasteiger partial charge in [0.2, 0.25) is 0 Å². The SMILES string of the molecule is CCNC(=NCc1ccc(C)cc1OCCOC)NCCCOCCOC. The van der Waals surface area contributed by atoms with Gasteiger partial charge in [-0.1, -0.05) is 12.1 Å². The van der Waals surface area contributed by atoms with E-state index in [2.05, 4.69) is 41.6 Å². The van der Waals surface area contributed by atoms with Gasteiger partial charge in [0.05, 0.1) is 26.4 Å². The number of aliphatic imine (C=N–C) groups is 1. The number of hydrogen-bond acceptors (Lipinski definition) is 5. The summed E-state index contributed by atoms with van der Waals surface area (Å²) in [6, 6.07) is 6.18. The van der Waals surface area contributed by atoms with Crippen molar-refractivity contribution in [2.24, 2.45) is 4.99 Å². The lowest BCUT2D eigenvalue weighted by atomic mass is 10.1.